The zero-order chi connectivity index (χ0) is 28.6. The molecule has 1 rings (SSSR count). The van der Waals surface area contributed by atoms with Crippen LogP contribution < -0.4 is 10.6 Å². The van der Waals surface area contributed by atoms with Crippen molar-refractivity contribution in [2.24, 2.45) is 0 Å². The standard InChI is InChI=1S/C28H45N3O6/c1-11-28(9,10)31(25(34)20(5)30-26(35)37-27(6,7)8)23(21-14-13-18(3)17-19(21)4)24(33)29-16-15-22(32)36-12-2/h13-14,17,20,23H,11-12,15-16H2,1-10H3,(H,29,33)(H,30,35). The molecular formula is C28H45N3O6. The molecule has 0 saturated carbocycles. The number of nitrogens with one attached hydrogen (secondary N) is 2. The number of rotatable bonds is 11. The Morgan fingerprint density at radius 3 is 2.16 bits per heavy atom. The highest BCUT2D eigenvalue weighted by Crippen LogP contribution is 2.34. The van der Waals surface area contributed by atoms with Crippen LogP contribution in [-0.4, -0.2) is 59.1 Å². The SMILES string of the molecule is CCOC(=O)CCNC(=O)C(c1ccc(C)cc1C)N(C(=O)C(C)NC(=O)OC(C)(C)C)C(C)(C)CC. The maximum atomic E-state index is 13.9. The molecule has 0 heterocycles. The minimum Gasteiger partial charge on any atom is -0.466 e. The Labute approximate surface area is 221 Å². The van der Waals surface area contributed by atoms with Crippen LogP contribution in [0.15, 0.2) is 18.2 Å². The molecule has 1 aromatic rings. The highest BCUT2D eigenvalue weighted by Gasteiger charge is 2.42. The van der Waals surface area contributed by atoms with Crippen LogP contribution in [0, 0.1) is 13.8 Å². The summed E-state index contributed by atoms with van der Waals surface area (Å²) in [5, 5.41) is 5.42. The summed E-state index contributed by atoms with van der Waals surface area (Å²) in [6, 6.07) is 3.75. The number of aryl methyl sites for hydroxylation is 2. The number of alkyl carbamates (subject to hydrolysis) is 1. The summed E-state index contributed by atoms with van der Waals surface area (Å²) < 4.78 is 10.3. The third-order valence-electron chi connectivity index (χ3n) is 6.02. The molecule has 0 aliphatic carbocycles. The van der Waals surface area contributed by atoms with Gasteiger partial charge < -0.3 is 25.0 Å². The van der Waals surface area contributed by atoms with Gasteiger partial charge in [0.05, 0.1) is 13.0 Å². The summed E-state index contributed by atoms with van der Waals surface area (Å²) in [7, 11) is 0. The van der Waals surface area contributed by atoms with Crippen molar-refractivity contribution in [1.29, 1.82) is 0 Å². The number of hydrogen-bond donors (Lipinski definition) is 2. The number of amides is 3. The molecule has 0 aliphatic rings. The molecule has 2 atom stereocenters. The molecule has 0 fully saturated rings. The quantitative estimate of drug-likeness (QED) is 0.420. The number of carbonyl (C=O) groups excluding carboxylic acids is 4. The van der Waals surface area contributed by atoms with E-state index in [0.29, 0.717) is 12.0 Å². The number of hydrogen-bond acceptors (Lipinski definition) is 6. The van der Waals surface area contributed by atoms with Crippen molar-refractivity contribution < 1.29 is 28.7 Å². The normalized spacial score (nSPS) is 13.2. The molecule has 0 bridgehead atoms. The topological polar surface area (TPSA) is 114 Å². The molecule has 0 aromatic heterocycles. The lowest BCUT2D eigenvalue weighted by molar-refractivity contribution is -0.149. The van der Waals surface area contributed by atoms with Crippen LogP contribution >= 0.6 is 0 Å². The molecular weight excluding hydrogens is 474 g/mol. The first-order valence-electron chi connectivity index (χ1n) is 12.9. The Kier molecular flexibility index (Phi) is 11.6. The van der Waals surface area contributed by atoms with Gasteiger partial charge in [0.15, 0.2) is 0 Å². The fraction of sp³-hybridized carbons (Fsp3) is 0.643. The van der Waals surface area contributed by atoms with E-state index in [0.717, 1.165) is 11.1 Å². The van der Waals surface area contributed by atoms with E-state index in [9.17, 15) is 19.2 Å². The molecule has 0 aliphatic heterocycles. The molecule has 3 amide bonds. The highest BCUT2D eigenvalue weighted by atomic mass is 16.6. The number of benzene rings is 1. The average Bonchev–Trinajstić information content (AvgIpc) is 2.76. The Balaban J connectivity index is 3.45. The molecule has 0 spiro atoms. The molecule has 0 radical (unpaired) electrons. The van der Waals surface area contributed by atoms with Gasteiger partial charge >= 0.3 is 12.1 Å². The van der Waals surface area contributed by atoms with E-state index in [-0.39, 0.29) is 19.6 Å². The van der Waals surface area contributed by atoms with Crippen LogP contribution in [0.4, 0.5) is 4.79 Å². The second kappa shape index (κ2) is 13.4. The fourth-order valence-electron chi connectivity index (χ4n) is 3.85. The predicted molar refractivity (Wildman–Crippen MR) is 143 cm³/mol. The summed E-state index contributed by atoms with van der Waals surface area (Å²) in [6.45, 7) is 18.4. The van der Waals surface area contributed by atoms with Crippen LogP contribution in [0.5, 0.6) is 0 Å². The average molecular weight is 520 g/mol. The molecule has 1 aromatic carbocycles. The fourth-order valence-corrected chi connectivity index (χ4v) is 3.85. The third-order valence-corrected chi connectivity index (χ3v) is 6.02. The van der Waals surface area contributed by atoms with Crippen LogP contribution in [-0.2, 0) is 23.9 Å². The number of nitrogens with zero attached hydrogens (tertiary/aromatic N) is 1. The van der Waals surface area contributed by atoms with Gasteiger partial charge in [-0.3, -0.25) is 14.4 Å². The molecule has 0 saturated heterocycles. The number of ether oxygens (including phenoxy) is 2. The van der Waals surface area contributed by atoms with E-state index in [1.54, 1.807) is 34.6 Å². The first kappa shape index (κ1) is 31.9. The number of carbonyl (C=O) groups is 4. The maximum Gasteiger partial charge on any atom is 0.408 e. The van der Waals surface area contributed by atoms with Crippen LogP contribution in [0.1, 0.15) is 91.0 Å². The molecule has 2 unspecified atom stereocenters. The Morgan fingerprint density at radius 2 is 1.65 bits per heavy atom. The lowest BCUT2D eigenvalue weighted by atomic mass is 9.90. The van der Waals surface area contributed by atoms with Crippen molar-refractivity contribution in [1.82, 2.24) is 15.5 Å². The summed E-state index contributed by atoms with van der Waals surface area (Å²) in [4.78, 5) is 53.4. The zero-order valence-corrected chi connectivity index (χ0v) is 24.1. The van der Waals surface area contributed by atoms with E-state index in [4.69, 9.17) is 9.47 Å². The van der Waals surface area contributed by atoms with Crippen LogP contribution in [0.2, 0.25) is 0 Å². The monoisotopic (exact) mass is 519 g/mol. The van der Waals surface area contributed by atoms with Gasteiger partial charge in [-0.1, -0.05) is 30.7 Å². The lowest BCUT2D eigenvalue weighted by Crippen LogP contribution is -2.58. The second-order valence-corrected chi connectivity index (χ2v) is 10.9. The third kappa shape index (κ3) is 9.70. The van der Waals surface area contributed by atoms with Crippen molar-refractivity contribution in [3.05, 3.63) is 34.9 Å². The zero-order valence-electron chi connectivity index (χ0n) is 24.1. The van der Waals surface area contributed by atoms with Crippen molar-refractivity contribution in [3.8, 4) is 0 Å². The first-order chi connectivity index (χ1) is 17.0. The lowest BCUT2D eigenvalue weighted by Gasteiger charge is -2.44. The van der Waals surface area contributed by atoms with Crippen molar-refractivity contribution in [2.75, 3.05) is 13.2 Å². The minimum absolute atomic E-state index is 0.0148. The van der Waals surface area contributed by atoms with Gasteiger partial charge in [-0.25, -0.2) is 4.79 Å². The summed E-state index contributed by atoms with van der Waals surface area (Å²) in [5.41, 5.74) is 1.06. The first-order valence-corrected chi connectivity index (χ1v) is 12.9. The summed E-state index contributed by atoms with van der Waals surface area (Å²) in [6.07, 6.45) is -0.152. The van der Waals surface area contributed by atoms with Gasteiger partial charge in [-0.15, -0.1) is 0 Å². The van der Waals surface area contributed by atoms with E-state index in [1.807, 2.05) is 52.8 Å². The largest absolute Gasteiger partial charge is 0.466 e. The van der Waals surface area contributed by atoms with Crippen molar-refractivity contribution in [3.63, 3.8) is 0 Å². The summed E-state index contributed by atoms with van der Waals surface area (Å²) >= 11 is 0. The summed E-state index contributed by atoms with van der Waals surface area (Å²) in [5.74, 6) is -1.26. The molecule has 208 valence electrons. The van der Waals surface area contributed by atoms with E-state index >= 15 is 0 Å². The van der Waals surface area contributed by atoms with E-state index in [1.165, 1.54) is 4.90 Å². The van der Waals surface area contributed by atoms with Gasteiger partial charge in [-0.05, 0) is 79.9 Å². The minimum atomic E-state index is -0.992. The Bertz CT molecular complexity index is 967. The van der Waals surface area contributed by atoms with Crippen molar-refractivity contribution >= 4 is 23.9 Å². The molecule has 9 nitrogen and oxygen atoms in total. The number of esters is 1. The van der Waals surface area contributed by atoms with Gasteiger partial charge in [0.1, 0.15) is 17.7 Å². The Hall–Kier alpha value is -3.10. The Morgan fingerprint density at radius 1 is 1.03 bits per heavy atom. The second-order valence-electron chi connectivity index (χ2n) is 10.9. The molecule has 9 heteroatoms. The smallest absolute Gasteiger partial charge is 0.408 e. The highest BCUT2D eigenvalue weighted by molar-refractivity contribution is 5.92. The van der Waals surface area contributed by atoms with Crippen LogP contribution in [0.25, 0.3) is 0 Å². The van der Waals surface area contributed by atoms with Gasteiger partial charge in [0.2, 0.25) is 11.8 Å². The van der Waals surface area contributed by atoms with Gasteiger partial charge in [0.25, 0.3) is 0 Å². The van der Waals surface area contributed by atoms with E-state index < -0.39 is 47.1 Å². The van der Waals surface area contributed by atoms with E-state index in [2.05, 4.69) is 10.6 Å². The van der Waals surface area contributed by atoms with Gasteiger partial charge in [0, 0.05) is 12.1 Å². The van der Waals surface area contributed by atoms with Crippen molar-refractivity contribution in [2.45, 2.75) is 105 Å². The maximum absolute atomic E-state index is 13.9. The molecule has 37 heavy (non-hydrogen) atoms. The van der Waals surface area contributed by atoms with Crippen LogP contribution in [0.3, 0.4) is 0 Å². The molecule has 2 N–H and O–H groups in total. The van der Waals surface area contributed by atoms with Gasteiger partial charge in [-0.2, -0.15) is 0 Å². The predicted octanol–water partition coefficient (Wildman–Crippen LogP) is 4.34.